The Kier molecular flexibility index (Phi) is 10.4. The molecule has 1 amide bonds. The van der Waals surface area contributed by atoms with Crippen molar-refractivity contribution in [3.8, 4) is 0 Å². The van der Waals surface area contributed by atoms with Gasteiger partial charge >= 0.3 is 5.97 Å². The highest BCUT2D eigenvalue weighted by atomic mass is 35.5. The number of amides is 1. The third-order valence-corrected chi connectivity index (χ3v) is 8.91. The molecule has 0 bridgehead atoms. The van der Waals surface area contributed by atoms with Crippen molar-refractivity contribution in [3.05, 3.63) is 100 Å². The van der Waals surface area contributed by atoms with Gasteiger partial charge in [0.15, 0.2) is 6.29 Å². The molecule has 0 aliphatic carbocycles. The summed E-state index contributed by atoms with van der Waals surface area (Å²) < 4.78 is 13.1. The SMILES string of the molecule is C[C@H]1[C@@H](CN2CCC(O)(c3ccc(Cl)cc3)CC2)O[C@@H](c2ccc(NC(=O)CCC(=O)O)cc2)O[C@H]1c1ccc(CO)cc1. The van der Waals surface area contributed by atoms with Crippen LogP contribution in [0.25, 0.3) is 0 Å². The van der Waals surface area contributed by atoms with Crippen LogP contribution in [0, 0.1) is 5.92 Å². The second kappa shape index (κ2) is 14.2. The third-order valence-electron chi connectivity index (χ3n) is 8.66. The molecular formula is C34H39ClN2O7. The maximum Gasteiger partial charge on any atom is 0.303 e. The summed E-state index contributed by atoms with van der Waals surface area (Å²) in [5, 5.41) is 33.1. The van der Waals surface area contributed by atoms with Gasteiger partial charge in [-0.15, -0.1) is 0 Å². The standard InChI is InChI=1S/C34H39ClN2O7/c1-22-29(20-37-18-16-34(42,17-19-37)26-8-10-27(35)11-9-26)43-33(44-32(22)24-4-2-23(21-38)3-5-24)25-6-12-28(13-7-25)36-30(39)14-15-31(40)41/h2-13,22,29,32-33,38,42H,14-21H2,1H3,(H,36,39)(H,40,41)/t22-,29+,32+,33+/m0/s1. The van der Waals surface area contributed by atoms with Gasteiger partial charge in [-0.2, -0.15) is 0 Å². The molecule has 9 nitrogen and oxygen atoms in total. The Morgan fingerprint density at radius 1 is 0.932 bits per heavy atom. The molecule has 44 heavy (non-hydrogen) atoms. The first-order chi connectivity index (χ1) is 21.1. The predicted octanol–water partition coefficient (Wildman–Crippen LogP) is 5.41. The van der Waals surface area contributed by atoms with Gasteiger partial charge in [0.2, 0.25) is 5.91 Å². The molecule has 3 aromatic carbocycles. The number of aliphatic hydroxyl groups excluding tert-OH is 1. The van der Waals surface area contributed by atoms with Crippen LogP contribution in [-0.4, -0.2) is 57.8 Å². The van der Waals surface area contributed by atoms with Crippen LogP contribution in [0.5, 0.6) is 0 Å². The summed E-state index contributed by atoms with van der Waals surface area (Å²) in [6, 6.07) is 22.3. The van der Waals surface area contributed by atoms with Crippen LogP contribution in [0.3, 0.4) is 0 Å². The first-order valence-electron chi connectivity index (χ1n) is 15.0. The Labute approximate surface area is 262 Å². The largest absolute Gasteiger partial charge is 0.481 e. The molecule has 4 atom stereocenters. The van der Waals surface area contributed by atoms with Gasteiger partial charge in [0, 0.05) is 48.2 Å². The van der Waals surface area contributed by atoms with E-state index >= 15 is 0 Å². The number of halogens is 1. The zero-order valence-corrected chi connectivity index (χ0v) is 25.5. The molecule has 4 N–H and O–H groups in total. The second-order valence-electron chi connectivity index (χ2n) is 11.7. The summed E-state index contributed by atoms with van der Waals surface area (Å²) in [7, 11) is 0. The van der Waals surface area contributed by atoms with Gasteiger partial charge in [0.05, 0.1) is 30.8 Å². The van der Waals surface area contributed by atoms with Gasteiger partial charge in [-0.1, -0.05) is 67.1 Å². The maximum atomic E-state index is 12.1. The second-order valence-corrected chi connectivity index (χ2v) is 12.2. The normalized spacial score (nSPS) is 23.6. The molecule has 0 radical (unpaired) electrons. The quantitative estimate of drug-likeness (QED) is 0.236. The zero-order valence-electron chi connectivity index (χ0n) is 24.7. The number of hydrogen-bond acceptors (Lipinski definition) is 7. The smallest absolute Gasteiger partial charge is 0.303 e. The van der Waals surface area contributed by atoms with Crippen molar-refractivity contribution in [1.82, 2.24) is 4.90 Å². The molecule has 2 fully saturated rings. The lowest BCUT2D eigenvalue weighted by atomic mass is 9.84. The molecule has 3 aromatic rings. The highest BCUT2D eigenvalue weighted by Crippen LogP contribution is 2.42. The number of hydrogen-bond donors (Lipinski definition) is 4. The van der Waals surface area contributed by atoms with Gasteiger partial charge in [0.25, 0.3) is 0 Å². The minimum absolute atomic E-state index is 0.0103. The van der Waals surface area contributed by atoms with E-state index < -0.39 is 17.9 Å². The average molecular weight is 623 g/mol. The van der Waals surface area contributed by atoms with E-state index in [-0.39, 0.29) is 43.5 Å². The maximum absolute atomic E-state index is 12.1. The van der Waals surface area contributed by atoms with E-state index in [4.69, 9.17) is 26.2 Å². The number of ether oxygens (including phenoxy) is 2. The van der Waals surface area contributed by atoms with Crippen LogP contribution in [0.15, 0.2) is 72.8 Å². The minimum Gasteiger partial charge on any atom is -0.481 e. The van der Waals surface area contributed by atoms with Gasteiger partial charge in [-0.05, 0) is 53.8 Å². The number of carboxylic acids is 1. The Morgan fingerprint density at radius 2 is 1.57 bits per heavy atom. The fourth-order valence-electron chi connectivity index (χ4n) is 5.90. The molecule has 2 aliphatic heterocycles. The van der Waals surface area contributed by atoms with Crippen LogP contribution in [0.2, 0.25) is 5.02 Å². The van der Waals surface area contributed by atoms with Crippen LogP contribution in [0.4, 0.5) is 5.69 Å². The molecule has 2 heterocycles. The minimum atomic E-state index is -1.02. The van der Waals surface area contributed by atoms with Crippen LogP contribution >= 0.6 is 11.6 Å². The molecule has 0 spiro atoms. The number of nitrogens with zero attached hydrogens (tertiary/aromatic N) is 1. The fraction of sp³-hybridized carbons (Fsp3) is 0.412. The van der Waals surface area contributed by atoms with E-state index in [0.29, 0.717) is 43.2 Å². The molecule has 5 rings (SSSR count). The topological polar surface area (TPSA) is 129 Å². The number of carbonyl (C=O) groups excluding carboxylic acids is 1. The lowest BCUT2D eigenvalue weighted by Crippen LogP contribution is -2.49. The number of anilines is 1. The summed E-state index contributed by atoms with van der Waals surface area (Å²) >= 11 is 6.06. The molecular weight excluding hydrogens is 584 g/mol. The number of benzene rings is 3. The first-order valence-corrected chi connectivity index (χ1v) is 15.3. The summed E-state index contributed by atoms with van der Waals surface area (Å²) in [4.78, 5) is 25.2. The first kappa shape index (κ1) is 32.1. The monoisotopic (exact) mass is 622 g/mol. The van der Waals surface area contributed by atoms with Crippen LogP contribution < -0.4 is 5.32 Å². The van der Waals surface area contributed by atoms with Gasteiger partial charge in [-0.25, -0.2) is 0 Å². The number of carboxylic acid groups (broad SMARTS) is 1. The van der Waals surface area contributed by atoms with Gasteiger partial charge in [-0.3, -0.25) is 9.59 Å². The molecule has 0 unspecified atom stereocenters. The van der Waals surface area contributed by atoms with E-state index in [0.717, 1.165) is 22.3 Å². The van der Waals surface area contributed by atoms with Crippen LogP contribution in [0.1, 0.15) is 67.3 Å². The Hall–Kier alpha value is -3.31. The van der Waals surface area contributed by atoms with Crippen molar-refractivity contribution in [3.63, 3.8) is 0 Å². The zero-order chi connectivity index (χ0) is 31.3. The van der Waals surface area contributed by atoms with Crippen molar-refractivity contribution in [2.24, 2.45) is 5.92 Å². The predicted molar refractivity (Wildman–Crippen MR) is 166 cm³/mol. The summed E-state index contributed by atoms with van der Waals surface area (Å²) in [5.74, 6) is -1.38. The summed E-state index contributed by atoms with van der Waals surface area (Å²) in [6.07, 6.45) is -0.235. The number of nitrogens with one attached hydrogen (secondary N) is 1. The van der Waals surface area contributed by atoms with E-state index in [1.807, 2.05) is 60.7 Å². The Balaban J connectivity index is 1.30. The molecule has 0 saturated carbocycles. The van der Waals surface area contributed by atoms with Crippen molar-refractivity contribution in [2.75, 3.05) is 25.0 Å². The summed E-state index contributed by atoms with van der Waals surface area (Å²) in [6.45, 7) is 4.18. The van der Waals surface area contributed by atoms with E-state index in [1.165, 1.54) is 0 Å². The number of piperidine rings is 1. The highest BCUT2D eigenvalue weighted by Gasteiger charge is 2.41. The van der Waals surface area contributed by atoms with Crippen molar-refractivity contribution in [2.45, 2.75) is 63.3 Å². The van der Waals surface area contributed by atoms with Crippen molar-refractivity contribution >= 4 is 29.2 Å². The summed E-state index contributed by atoms with van der Waals surface area (Å²) in [5.41, 5.74) is 3.15. The fourth-order valence-corrected chi connectivity index (χ4v) is 6.03. The van der Waals surface area contributed by atoms with Gasteiger partial charge in [0.1, 0.15) is 0 Å². The number of aliphatic carboxylic acids is 1. The molecule has 2 aliphatic rings. The van der Waals surface area contributed by atoms with E-state index in [1.54, 1.807) is 12.1 Å². The number of carbonyl (C=O) groups is 2. The Bertz CT molecular complexity index is 1410. The third kappa shape index (κ3) is 7.85. The Morgan fingerprint density at radius 3 is 2.18 bits per heavy atom. The van der Waals surface area contributed by atoms with Crippen LogP contribution in [-0.2, 0) is 31.3 Å². The molecule has 234 valence electrons. The van der Waals surface area contributed by atoms with Gasteiger partial charge < -0.3 is 35.0 Å². The molecule has 2 saturated heterocycles. The highest BCUT2D eigenvalue weighted by molar-refractivity contribution is 6.30. The number of likely N-dealkylation sites (tertiary alicyclic amines) is 1. The number of aliphatic hydroxyl groups is 2. The van der Waals surface area contributed by atoms with Crippen molar-refractivity contribution in [1.29, 1.82) is 0 Å². The van der Waals surface area contributed by atoms with E-state index in [2.05, 4.69) is 17.1 Å². The average Bonchev–Trinajstić information content (AvgIpc) is 3.03. The lowest BCUT2D eigenvalue weighted by Gasteiger charge is -2.45. The molecule has 0 aromatic heterocycles. The van der Waals surface area contributed by atoms with Crippen molar-refractivity contribution < 1.29 is 34.4 Å². The van der Waals surface area contributed by atoms with E-state index in [9.17, 15) is 19.8 Å². The lowest BCUT2D eigenvalue weighted by molar-refractivity contribution is -0.277. The molecule has 10 heteroatoms. The number of rotatable bonds is 10.